The van der Waals surface area contributed by atoms with E-state index in [9.17, 15) is 9.90 Å². The Hall–Kier alpha value is -1.96. The molecule has 27 heavy (non-hydrogen) atoms. The highest BCUT2D eigenvalue weighted by Gasteiger charge is 2.28. The number of anilines is 1. The second-order valence-corrected chi connectivity index (χ2v) is 8.04. The van der Waals surface area contributed by atoms with Crippen molar-refractivity contribution >= 4 is 23.1 Å². The minimum atomic E-state index is -0.224. The summed E-state index contributed by atoms with van der Waals surface area (Å²) in [6.45, 7) is 7.20. The second kappa shape index (κ2) is 9.30. The molecule has 3 rings (SSSR count). The number of aryl methyl sites for hydroxylation is 1. The fourth-order valence-corrected chi connectivity index (χ4v) is 4.19. The van der Waals surface area contributed by atoms with Crippen LogP contribution in [-0.2, 0) is 11.3 Å². The standard InChI is InChI=1S/C20H27N3O3S/c1-3-16(14-24)23(13-17-7-6-15(2)27-17)20(25)18-5-4-8-21-19(18)22-9-11-26-12-10-22/h4-8,16,24H,3,9-14H2,1-2H3/t16-/m0/s1. The fourth-order valence-electron chi connectivity index (χ4n) is 3.30. The summed E-state index contributed by atoms with van der Waals surface area (Å²) in [5, 5.41) is 9.86. The third-order valence-corrected chi connectivity index (χ3v) is 5.82. The van der Waals surface area contributed by atoms with E-state index in [0.717, 1.165) is 18.0 Å². The molecule has 0 saturated carbocycles. The highest BCUT2D eigenvalue weighted by Crippen LogP contribution is 2.25. The van der Waals surface area contributed by atoms with E-state index in [1.54, 1.807) is 28.5 Å². The highest BCUT2D eigenvalue weighted by molar-refractivity contribution is 7.11. The molecule has 2 aromatic rings. The maximum absolute atomic E-state index is 13.5. The SMILES string of the molecule is CC[C@@H](CO)N(Cc1ccc(C)s1)C(=O)c1cccnc1N1CCOCC1. The molecular weight excluding hydrogens is 362 g/mol. The van der Waals surface area contributed by atoms with Crippen LogP contribution in [0.2, 0.25) is 0 Å². The van der Waals surface area contributed by atoms with Crippen molar-refractivity contribution in [2.24, 2.45) is 0 Å². The molecule has 1 atom stereocenters. The summed E-state index contributed by atoms with van der Waals surface area (Å²) >= 11 is 1.68. The van der Waals surface area contributed by atoms with Crippen LogP contribution in [0.25, 0.3) is 0 Å². The van der Waals surface area contributed by atoms with Gasteiger partial charge in [-0.25, -0.2) is 4.98 Å². The lowest BCUT2D eigenvalue weighted by molar-refractivity contribution is 0.0566. The number of carbonyl (C=O) groups is 1. The number of hydrogen-bond donors (Lipinski definition) is 1. The van der Waals surface area contributed by atoms with Gasteiger partial charge in [0.05, 0.1) is 38.0 Å². The topological polar surface area (TPSA) is 65.9 Å². The monoisotopic (exact) mass is 389 g/mol. The summed E-state index contributed by atoms with van der Waals surface area (Å²) in [5.74, 6) is 0.613. The van der Waals surface area contributed by atoms with Crippen molar-refractivity contribution < 1.29 is 14.6 Å². The minimum absolute atomic E-state index is 0.0558. The van der Waals surface area contributed by atoms with Crippen LogP contribution in [0, 0.1) is 6.92 Å². The van der Waals surface area contributed by atoms with Crippen molar-refractivity contribution in [3.8, 4) is 0 Å². The molecule has 0 radical (unpaired) electrons. The number of amides is 1. The Morgan fingerprint density at radius 1 is 1.37 bits per heavy atom. The number of hydrogen-bond acceptors (Lipinski definition) is 6. The van der Waals surface area contributed by atoms with E-state index in [4.69, 9.17) is 4.74 Å². The molecule has 1 fully saturated rings. The van der Waals surface area contributed by atoms with E-state index in [1.165, 1.54) is 4.88 Å². The first-order valence-corrected chi connectivity index (χ1v) is 10.2. The average molecular weight is 390 g/mol. The number of aliphatic hydroxyl groups excluding tert-OH is 1. The van der Waals surface area contributed by atoms with Crippen LogP contribution in [0.1, 0.15) is 33.5 Å². The molecule has 0 aliphatic carbocycles. The van der Waals surface area contributed by atoms with Gasteiger partial charge in [0.15, 0.2) is 0 Å². The number of morpholine rings is 1. The summed E-state index contributed by atoms with van der Waals surface area (Å²) in [6, 6.07) is 7.52. The molecule has 0 bridgehead atoms. The van der Waals surface area contributed by atoms with Gasteiger partial charge in [-0.05, 0) is 37.6 Å². The van der Waals surface area contributed by atoms with Crippen molar-refractivity contribution in [1.29, 1.82) is 0 Å². The van der Waals surface area contributed by atoms with Crippen LogP contribution in [0.15, 0.2) is 30.5 Å². The number of aliphatic hydroxyl groups is 1. The average Bonchev–Trinajstić information content (AvgIpc) is 3.13. The Kier molecular flexibility index (Phi) is 6.82. The Balaban J connectivity index is 1.91. The molecule has 6 nitrogen and oxygen atoms in total. The molecule has 1 aliphatic rings. The quantitative estimate of drug-likeness (QED) is 0.789. The van der Waals surface area contributed by atoms with Gasteiger partial charge < -0.3 is 19.6 Å². The first kappa shape index (κ1) is 19.8. The van der Waals surface area contributed by atoms with Crippen LogP contribution in [-0.4, -0.2) is 59.8 Å². The van der Waals surface area contributed by atoms with Gasteiger partial charge in [0, 0.05) is 29.0 Å². The summed E-state index contributed by atoms with van der Waals surface area (Å²) in [5.41, 5.74) is 0.583. The lowest BCUT2D eigenvalue weighted by atomic mass is 10.1. The molecule has 7 heteroatoms. The van der Waals surface area contributed by atoms with E-state index < -0.39 is 0 Å². The second-order valence-electron chi connectivity index (χ2n) is 6.66. The molecule has 146 valence electrons. The lowest BCUT2D eigenvalue weighted by Gasteiger charge is -2.33. The van der Waals surface area contributed by atoms with Crippen molar-refractivity contribution in [3.05, 3.63) is 45.8 Å². The van der Waals surface area contributed by atoms with Crippen molar-refractivity contribution in [2.45, 2.75) is 32.9 Å². The Bertz CT molecular complexity index is 754. The smallest absolute Gasteiger partial charge is 0.258 e. The Morgan fingerprint density at radius 3 is 2.78 bits per heavy atom. The number of rotatable bonds is 7. The normalized spacial score (nSPS) is 15.6. The zero-order valence-electron chi connectivity index (χ0n) is 15.9. The maximum Gasteiger partial charge on any atom is 0.258 e. The van der Waals surface area contributed by atoms with Crippen LogP contribution in [0.3, 0.4) is 0 Å². The van der Waals surface area contributed by atoms with E-state index in [1.807, 2.05) is 13.0 Å². The largest absolute Gasteiger partial charge is 0.394 e. The molecule has 0 unspecified atom stereocenters. The van der Waals surface area contributed by atoms with E-state index >= 15 is 0 Å². The van der Waals surface area contributed by atoms with Gasteiger partial charge in [-0.2, -0.15) is 0 Å². The van der Waals surface area contributed by atoms with Crippen LogP contribution < -0.4 is 4.90 Å². The summed E-state index contributed by atoms with van der Waals surface area (Å²) in [6.07, 6.45) is 2.41. The van der Waals surface area contributed by atoms with E-state index in [-0.39, 0.29) is 18.6 Å². The molecule has 1 amide bonds. The number of nitrogens with zero attached hydrogens (tertiary/aromatic N) is 3. The van der Waals surface area contributed by atoms with E-state index in [0.29, 0.717) is 37.6 Å². The Morgan fingerprint density at radius 2 is 2.15 bits per heavy atom. The van der Waals surface area contributed by atoms with Gasteiger partial charge in [0.25, 0.3) is 5.91 Å². The molecule has 1 N–H and O–H groups in total. The third kappa shape index (κ3) is 4.66. The molecule has 2 aromatic heterocycles. The van der Waals surface area contributed by atoms with Crippen LogP contribution in [0.5, 0.6) is 0 Å². The predicted molar refractivity (Wildman–Crippen MR) is 107 cm³/mol. The first-order chi connectivity index (χ1) is 13.1. The first-order valence-electron chi connectivity index (χ1n) is 9.39. The van der Waals surface area contributed by atoms with Crippen LogP contribution in [0.4, 0.5) is 5.82 Å². The minimum Gasteiger partial charge on any atom is -0.394 e. The zero-order chi connectivity index (χ0) is 19.2. The number of thiophene rings is 1. The molecule has 0 spiro atoms. The third-order valence-electron chi connectivity index (χ3n) is 4.83. The zero-order valence-corrected chi connectivity index (χ0v) is 16.7. The van der Waals surface area contributed by atoms with Gasteiger partial charge >= 0.3 is 0 Å². The number of carbonyl (C=O) groups excluding carboxylic acids is 1. The lowest BCUT2D eigenvalue weighted by Crippen LogP contribution is -2.43. The molecular formula is C20H27N3O3S. The fraction of sp³-hybridized carbons (Fsp3) is 0.500. The van der Waals surface area contributed by atoms with Gasteiger partial charge in [0.1, 0.15) is 5.82 Å². The molecule has 3 heterocycles. The number of pyridine rings is 1. The highest BCUT2D eigenvalue weighted by atomic mass is 32.1. The van der Waals surface area contributed by atoms with Gasteiger partial charge in [0.2, 0.25) is 0 Å². The van der Waals surface area contributed by atoms with Crippen LogP contribution >= 0.6 is 11.3 Å². The van der Waals surface area contributed by atoms with E-state index in [2.05, 4.69) is 28.9 Å². The van der Waals surface area contributed by atoms with Crippen molar-refractivity contribution in [3.63, 3.8) is 0 Å². The van der Waals surface area contributed by atoms with Crippen molar-refractivity contribution in [1.82, 2.24) is 9.88 Å². The maximum atomic E-state index is 13.5. The van der Waals surface area contributed by atoms with Gasteiger partial charge in [-0.3, -0.25) is 4.79 Å². The van der Waals surface area contributed by atoms with Gasteiger partial charge in [-0.15, -0.1) is 11.3 Å². The summed E-state index contributed by atoms with van der Waals surface area (Å²) in [7, 11) is 0. The number of ether oxygens (including phenoxy) is 1. The van der Waals surface area contributed by atoms with Crippen molar-refractivity contribution in [2.75, 3.05) is 37.8 Å². The summed E-state index contributed by atoms with van der Waals surface area (Å²) in [4.78, 5) is 24.2. The number of aromatic nitrogens is 1. The van der Waals surface area contributed by atoms with Gasteiger partial charge in [-0.1, -0.05) is 6.92 Å². The molecule has 1 saturated heterocycles. The predicted octanol–water partition coefficient (Wildman–Crippen LogP) is 2.70. The molecule has 1 aliphatic heterocycles. The molecule has 0 aromatic carbocycles. The summed E-state index contributed by atoms with van der Waals surface area (Å²) < 4.78 is 5.43. The Labute approximate surface area is 164 Å².